The lowest BCUT2D eigenvalue weighted by Crippen LogP contribution is -2.24. The minimum absolute atomic E-state index is 0.307. The van der Waals surface area contributed by atoms with Gasteiger partial charge in [-0.15, -0.1) is 0 Å². The summed E-state index contributed by atoms with van der Waals surface area (Å²) >= 11 is 0. The van der Waals surface area contributed by atoms with E-state index in [2.05, 4.69) is 59.5 Å². The number of benzene rings is 3. The zero-order chi connectivity index (χ0) is 16.4. The third kappa shape index (κ3) is 2.91. The van der Waals surface area contributed by atoms with Crippen LogP contribution < -0.4 is 0 Å². The van der Waals surface area contributed by atoms with Crippen LogP contribution in [0.2, 0.25) is 0 Å². The molecule has 4 rings (SSSR count). The topological polar surface area (TPSA) is 23.5 Å². The summed E-state index contributed by atoms with van der Waals surface area (Å²) in [6.45, 7) is 1.70. The van der Waals surface area contributed by atoms with Crippen LogP contribution in [0.3, 0.4) is 0 Å². The molecule has 3 aromatic rings. The number of nitrogens with zero attached hydrogens (tertiary/aromatic N) is 1. The van der Waals surface area contributed by atoms with Gasteiger partial charge in [0.2, 0.25) is 0 Å². The first kappa shape index (κ1) is 14.6. The zero-order valence-electron chi connectivity index (χ0n) is 13.4. The molecule has 0 aliphatic carbocycles. The molecule has 1 N–H and O–H groups in total. The van der Waals surface area contributed by atoms with Crippen molar-refractivity contribution in [1.82, 2.24) is 4.90 Å². The molecule has 2 heteroatoms. The molecule has 0 aromatic heterocycles. The maximum absolute atomic E-state index is 9.50. The Morgan fingerprint density at radius 2 is 1.50 bits per heavy atom. The summed E-state index contributed by atoms with van der Waals surface area (Å²) in [6.07, 6.45) is 2.27. The Balaban J connectivity index is 1.73. The second-order valence-corrected chi connectivity index (χ2v) is 6.12. The van der Waals surface area contributed by atoms with Crippen LogP contribution in [0.1, 0.15) is 22.3 Å². The van der Waals surface area contributed by atoms with Crippen molar-refractivity contribution >= 4 is 11.8 Å². The molecule has 0 saturated carbocycles. The summed E-state index contributed by atoms with van der Waals surface area (Å²) in [5.41, 5.74) is 6.29. The van der Waals surface area contributed by atoms with Crippen molar-refractivity contribution in [2.24, 2.45) is 0 Å². The van der Waals surface area contributed by atoms with Crippen LogP contribution in [-0.2, 0) is 13.1 Å². The molecule has 0 bridgehead atoms. The Kier molecular flexibility index (Phi) is 3.80. The van der Waals surface area contributed by atoms with E-state index in [1.54, 1.807) is 12.1 Å². The normalized spacial score (nSPS) is 13.3. The summed E-state index contributed by atoms with van der Waals surface area (Å²) < 4.78 is 0. The van der Waals surface area contributed by atoms with Crippen LogP contribution in [0.4, 0.5) is 0 Å². The van der Waals surface area contributed by atoms with E-state index >= 15 is 0 Å². The van der Waals surface area contributed by atoms with Gasteiger partial charge >= 0.3 is 0 Å². The molecule has 1 aliphatic rings. The number of aromatic hydroxyl groups is 1. The first-order chi connectivity index (χ1) is 11.8. The second-order valence-electron chi connectivity index (χ2n) is 6.12. The van der Waals surface area contributed by atoms with Crippen molar-refractivity contribution in [3.63, 3.8) is 0 Å². The maximum atomic E-state index is 9.50. The molecular weight excluding hydrogens is 294 g/mol. The molecule has 0 atom stereocenters. The Morgan fingerprint density at radius 3 is 2.29 bits per heavy atom. The molecule has 0 saturated heterocycles. The van der Waals surface area contributed by atoms with E-state index in [1.165, 1.54) is 28.0 Å². The van der Waals surface area contributed by atoms with E-state index in [-0.39, 0.29) is 0 Å². The minimum atomic E-state index is 0.307. The Morgan fingerprint density at radius 1 is 0.792 bits per heavy atom. The average molecular weight is 313 g/mol. The number of hydrogen-bond acceptors (Lipinski definition) is 2. The van der Waals surface area contributed by atoms with Gasteiger partial charge < -0.3 is 10.0 Å². The number of rotatable bonds is 3. The largest absolute Gasteiger partial charge is 0.508 e. The van der Waals surface area contributed by atoms with Gasteiger partial charge in [0.1, 0.15) is 5.75 Å². The van der Waals surface area contributed by atoms with Gasteiger partial charge in [-0.1, -0.05) is 66.7 Å². The summed E-state index contributed by atoms with van der Waals surface area (Å²) in [7, 11) is 0. The van der Waals surface area contributed by atoms with Crippen molar-refractivity contribution in [2.45, 2.75) is 13.1 Å². The number of fused-ring (bicyclic) bond motifs is 1. The van der Waals surface area contributed by atoms with Gasteiger partial charge in [0.05, 0.1) is 0 Å². The molecule has 0 amide bonds. The molecule has 1 heterocycles. The number of hydrogen-bond donors (Lipinski definition) is 1. The molecule has 0 spiro atoms. The average Bonchev–Trinajstić information content (AvgIpc) is 2.64. The lowest BCUT2D eigenvalue weighted by atomic mass is 9.97. The van der Waals surface area contributed by atoms with Crippen LogP contribution in [0.15, 0.2) is 78.9 Å². The van der Waals surface area contributed by atoms with Crippen molar-refractivity contribution < 1.29 is 5.11 Å². The van der Waals surface area contributed by atoms with Crippen LogP contribution in [0.5, 0.6) is 5.75 Å². The van der Waals surface area contributed by atoms with E-state index in [4.69, 9.17) is 0 Å². The van der Waals surface area contributed by atoms with Gasteiger partial charge in [-0.3, -0.25) is 0 Å². The standard InChI is InChI=1S/C22H19NO/c24-21-12-10-17(11-13-21)15-23-16-20-9-5-4-8-19(20)14-22(23)18-6-2-1-3-7-18/h1-14,24H,15-16H2. The predicted octanol–water partition coefficient (Wildman–Crippen LogP) is 4.91. The fraction of sp³-hybridized carbons (Fsp3) is 0.0909. The smallest absolute Gasteiger partial charge is 0.115 e. The molecular formula is C22H19NO. The van der Waals surface area contributed by atoms with Gasteiger partial charge in [0.25, 0.3) is 0 Å². The third-order valence-electron chi connectivity index (χ3n) is 4.43. The van der Waals surface area contributed by atoms with Crippen molar-refractivity contribution in [2.75, 3.05) is 0 Å². The van der Waals surface area contributed by atoms with E-state index in [1.807, 2.05) is 18.2 Å². The summed E-state index contributed by atoms with van der Waals surface area (Å²) in [6, 6.07) is 26.5. The van der Waals surface area contributed by atoms with Gasteiger partial charge in [0.15, 0.2) is 0 Å². The van der Waals surface area contributed by atoms with Gasteiger partial charge in [0, 0.05) is 18.8 Å². The van der Waals surface area contributed by atoms with Crippen LogP contribution in [-0.4, -0.2) is 10.0 Å². The molecule has 118 valence electrons. The molecule has 0 radical (unpaired) electrons. The SMILES string of the molecule is Oc1ccc(CN2Cc3ccccc3C=C2c2ccccc2)cc1. The van der Waals surface area contributed by atoms with Gasteiger partial charge in [-0.2, -0.15) is 0 Å². The lowest BCUT2D eigenvalue weighted by molar-refractivity contribution is 0.381. The molecule has 1 aliphatic heterocycles. The summed E-state index contributed by atoms with van der Waals surface area (Å²) in [5, 5.41) is 9.50. The Bertz CT molecular complexity index is 866. The zero-order valence-corrected chi connectivity index (χ0v) is 13.4. The van der Waals surface area contributed by atoms with Crippen LogP contribution in [0, 0.1) is 0 Å². The first-order valence-corrected chi connectivity index (χ1v) is 8.17. The van der Waals surface area contributed by atoms with Crippen LogP contribution in [0.25, 0.3) is 11.8 Å². The first-order valence-electron chi connectivity index (χ1n) is 8.17. The minimum Gasteiger partial charge on any atom is -0.508 e. The highest BCUT2D eigenvalue weighted by molar-refractivity contribution is 5.83. The molecule has 2 nitrogen and oxygen atoms in total. The van der Waals surface area contributed by atoms with Crippen molar-refractivity contribution in [1.29, 1.82) is 0 Å². The number of phenolic OH excluding ortho intramolecular Hbond substituents is 1. The predicted molar refractivity (Wildman–Crippen MR) is 98.1 cm³/mol. The summed E-state index contributed by atoms with van der Waals surface area (Å²) in [5.74, 6) is 0.307. The van der Waals surface area contributed by atoms with Gasteiger partial charge in [-0.05, 0) is 40.5 Å². The van der Waals surface area contributed by atoms with Crippen molar-refractivity contribution in [3.05, 3.63) is 101 Å². The fourth-order valence-corrected chi connectivity index (χ4v) is 3.19. The van der Waals surface area contributed by atoms with Crippen molar-refractivity contribution in [3.8, 4) is 5.75 Å². The van der Waals surface area contributed by atoms with Crippen LogP contribution >= 0.6 is 0 Å². The quantitative estimate of drug-likeness (QED) is 0.743. The molecule has 0 fully saturated rings. The Hall–Kier alpha value is -3.00. The summed E-state index contributed by atoms with van der Waals surface area (Å²) in [4.78, 5) is 2.39. The second kappa shape index (κ2) is 6.25. The Labute approximate surface area is 142 Å². The molecule has 3 aromatic carbocycles. The maximum Gasteiger partial charge on any atom is 0.115 e. The highest BCUT2D eigenvalue weighted by Crippen LogP contribution is 2.32. The van der Waals surface area contributed by atoms with E-state index in [9.17, 15) is 5.11 Å². The monoisotopic (exact) mass is 313 g/mol. The highest BCUT2D eigenvalue weighted by Gasteiger charge is 2.19. The van der Waals surface area contributed by atoms with E-state index < -0.39 is 0 Å². The number of phenols is 1. The lowest BCUT2D eigenvalue weighted by Gasteiger charge is -2.32. The molecule has 24 heavy (non-hydrogen) atoms. The third-order valence-corrected chi connectivity index (χ3v) is 4.43. The fourth-order valence-electron chi connectivity index (χ4n) is 3.19. The van der Waals surface area contributed by atoms with Gasteiger partial charge in [-0.25, -0.2) is 0 Å². The van der Waals surface area contributed by atoms with E-state index in [0.717, 1.165) is 13.1 Å². The highest BCUT2D eigenvalue weighted by atomic mass is 16.3. The molecule has 0 unspecified atom stereocenters. The van der Waals surface area contributed by atoms with E-state index in [0.29, 0.717) is 5.75 Å².